The molecule has 3 rings (SSSR count). The van der Waals surface area contributed by atoms with Gasteiger partial charge in [0.1, 0.15) is 6.54 Å². The van der Waals surface area contributed by atoms with Gasteiger partial charge in [-0.15, -0.1) is 0 Å². The molecule has 0 spiro atoms. The Bertz CT molecular complexity index is 1010. The number of aromatic amines is 1. The van der Waals surface area contributed by atoms with Crippen molar-refractivity contribution in [2.75, 3.05) is 5.32 Å². The van der Waals surface area contributed by atoms with Crippen molar-refractivity contribution in [3.8, 4) is 0 Å². The van der Waals surface area contributed by atoms with Gasteiger partial charge in [-0.25, -0.2) is 4.79 Å². The van der Waals surface area contributed by atoms with Crippen LogP contribution in [0.4, 0.5) is 5.69 Å². The molecule has 2 aromatic carbocycles. The van der Waals surface area contributed by atoms with Crippen LogP contribution in [0.3, 0.4) is 0 Å². The molecule has 23 heavy (non-hydrogen) atoms. The molecule has 0 aliphatic carbocycles. The Morgan fingerprint density at radius 1 is 1.13 bits per heavy atom. The predicted octanol–water partition coefficient (Wildman–Crippen LogP) is 1.93. The third kappa shape index (κ3) is 3.34. The summed E-state index contributed by atoms with van der Waals surface area (Å²) in [5, 5.41) is 3.05. The van der Waals surface area contributed by atoms with Gasteiger partial charge in [-0.2, -0.15) is 0 Å². The van der Waals surface area contributed by atoms with E-state index in [0.717, 1.165) is 8.14 Å². The lowest BCUT2D eigenvalue weighted by Crippen LogP contribution is -2.38. The first-order valence-corrected chi connectivity index (χ1v) is 7.90. The second-order valence-corrected chi connectivity index (χ2v) is 6.17. The fourth-order valence-electron chi connectivity index (χ4n) is 2.25. The lowest BCUT2D eigenvalue weighted by Gasteiger charge is -2.08. The summed E-state index contributed by atoms with van der Waals surface area (Å²) in [4.78, 5) is 39.1. The molecular weight excluding hydrogens is 409 g/mol. The van der Waals surface area contributed by atoms with Crippen LogP contribution in [-0.4, -0.2) is 15.5 Å². The Kier molecular flexibility index (Phi) is 4.28. The summed E-state index contributed by atoms with van der Waals surface area (Å²) in [6, 6.07) is 13.9. The van der Waals surface area contributed by atoms with E-state index in [0.29, 0.717) is 16.6 Å². The van der Waals surface area contributed by atoms with Gasteiger partial charge >= 0.3 is 5.69 Å². The molecule has 0 bridgehead atoms. The Labute approximate surface area is 144 Å². The maximum atomic E-state index is 12.4. The van der Waals surface area contributed by atoms with E-state index in [-0.39, 0.29) is 6.54 Å². The van der Waals surface area contributed by atoms with Gasteiger partial charge in [0.15, 0.2) is 0 Å². The van der Waals surface area contributed by atoms with Crippen LogP contribution in [0.2, 0.25) is 0 Å². The monoisotopic (exact) mass is 421 g/mol. The average molecular weight is 421 g/mol. The summed E-state index contributed by atoms with van der Waals surface area (Å²) in [7, 11) is 0. The predicted molar refractivity (Wildman–Crippen MR) is 96.6 cm³/mol. The number of fused-ring (bicyclic) bond motifs is 1. The highest BCUT2D eigenvalue weighted by atomic mass is 127. The van der Waals surface area contributed by atoms with Gasteiger partial charge in [0.2, 0.25) is 5.91 Å². The molecule has 1 amide bonds. The standard InChI is InChI=1S/C16H12IN3O3/c17-10-4-3-5-11(8-10)18-14(21)9-20-15(22)12-6-1-2-7-13(12)19-16(20)23/h1-8H,9H2,(H,18,21)(H,19,23). The quantitative estimate of drug-likeness (QED) is 0.635. The van der Waals surface area contributed by atoms with E-state index in [1.165, 1.54) is 0 Å². The molecule has 1 aromatic heterocycles. The number of carbonyl (C=O) groups is 1. The van der Waals surface area contributed by atoms with E-state index in [1.807, 2.05) is 12.1 Å². The van der Waals surface area contributed by atoms with Crippen LogP contribution in [0, 0.1) is 3.57 Å². The number of halogens is 1. The van der Waals surface area contributed by atoms with Crippen LogP contribution >= 0.6 is 22.6 Å². The molecule has 0 unspecified atom stereocenters. The largest absolute Gasteiger partial charge is 0.329 e. The highest BCUT2D eigenvalue weighted by Crippen LogP contribution is 2.12. The van der Waals surface area contributed by atoms with Crippen LogP contribution < -0.4 is 16.6 Å². The molecule has 0 saturated heterocycles. The number of aromatic nitrogens is 2. The number of anilines is 1. The fourth-order valence-corrected chi connectivity index (χ4v) is 2.80. The zero-order valence-electron chi connectivity index (χ0n) is 11.9. The highest BCUT2D eigenvalue weighted by Gasteiger charge is 2.11. The molecule has 116 valence electrons. The number of nitrogens with one attached hydrogen (secondary N) is 2. The van der Waals surface area contributed by atoms with Gasteiger partial charge in [-0.1, -0.05) is 18.2 Å². The van der Waals surface area contributed by atoms with Crippen molar-refractivity contribution in [3.63, 3.8) is 0 Å². The maximum absolute atomic E-state index is 12.4. The Hall–Kier alpha value is -2.42. The SMILES string of the molecule is O=C(Cn1c(=O)[nH]c2ccccc2c1=O)Nc1cccc(I)c1. The van der Waals surface area contributed by atoms with Crippen molar-refractivity contribution < 1.29 is 4.79 Å². The fraction of sp³-hybridized carbons (Fsp3) is 0.0625. The summed E-state index contributed by atoms with van der Waals surface area (Å²) >= 11 is 2.13. The van der Waals surface area contributed by atoms with Crippen molar-refractivity contribution in [1.82, 2.24) is 9.55 Å². The molecule has 6 nitrogen and oxygen atoms in total. The van der Waals surface area contributed by atoms with E-state index in [1.54, 1.807) is 36.4 Å². The van der Waals surface area contributed by atoms with Crippen LogP contribution in [0.15, 0.2) is 58.1 Å². The number of hydrogen-bond donors (Lipinski definition) is 2. The minimum Gasteiger partial charge on any atom is -0.324 e. The number of rotatable bonds is 3. The van der Waals surface area contributed by atoms with Gasteiger partial charge in [0.25, 0.3) is 5.56 Å². The summed E-state index contributed by atoms with van der Waals surface area (Å²) in [6.07, 6.45) is 0. The zero-order valence-corrected chi connectivity index (χ0v) is 14.0. The summed E-state index contributed by atoms with van der Waals surface area (Å²) in [6.45, 7) is -0.343. The number of para-hydroxylation sites is 1. The third-order valence-corrected chi connectivity index (χ3v) is 3.97. The van der Waals surface area contributed by atoms with Crippen LogP contribution in [0.1, 0.15) is 0 Å². The summed E-state index contributed by atoms with van der Waals surface area (Å²) < 4.78 is 1.87. The zero-order chi connectivity index (χ0) is 16.4. The molecule has 7 heteroatoms. The van der Waals surface area contributed by atoms with E-state index < -0.39 is 17.2 Å². The number of nitrogens with zero attached hydrogens (tertiary/aromatic N) is 1. The van der Waals surface area contributed by atoms with Gasteiger partial charge in [-0.05, 0) is 52.9 Å². The smallest absolute Gasteiger partial charge is 0.324 e. The Morgan fingerprint density at radius 2 is 1.91 bits per heavy atom. The number of carbonyl (C=O) groups excluding carboxylic acids is 1. The average Bonchev–Trinajstić information content (AvgIpc) is 2.51. The van der Waals surface area contributed by atoms with Crippen molar-refractivity contribution in [2.24, 2.45) is 0 Å². The van der Waals surface area contributed by atoms with Crippen molar-refractivity contribution in [2.45, 2.75) is 6.54 Å². The molecule has 0 aliphatic rings. The normalized spacial score (nSPS) is 10.7. The van der Waals surface area contributed by atoms with Crippen molar-refractivity contribution in [3.05, 3.63) is 72.9 Å². The molecule has 3 aromatic rings. The Morgan fingerprint density at radius 3 is 2.70 bits per heavy atom. The number of hydrogen-bond acceptors (Lipinski definition) is 3. The van der Waals surface area contributed by atoms with E-state index in [2.05, 4.69) is 32.9 Å². The molecule has 1 heterocycles. The number of amides is 1. The van der Waals surface area contributed by atoms with E-state index in [4.69, 9.17) is 0 Å². The van der Waals surface area contributed by atoms with Crippen molar-refractivity contribution >= 4 is 45.1 Å². The molecule has 2 N–H and O–H groups in total. The second kappa shape index (κ2) is 6.37. The van der Waals surface area contributed by atoms with E-state index in [9.17, 15) is 14.4 Å². The van der Waals surface area contributed by atoms with Gasteiger partial charge < -0.3 is 10.3 Å². The van der Waals surface area contributed by atoms with Crippen LogP contribution in [0.25, 0.3) is 10.9 Å². The highest BCUT2D eigenvalue weighted by molar-refractivity contribution is 14.1. The van der Waals surface area contributed by atoms with Gasteiger partial charge in [0, 0.05) is 9.26 Å². The van der Waals surface area contributed by atoms with Crippen LogP contribution in [-0.2, 0) is 11.3 Å². The molecular formula is C16H12IN3O3. The van der Waals surface area contributed by atoms with Crippen molar-refractivity contribution in [1.29, 1.82) is 0 Å². The molecule has 0 aliphatic heterocycles. The summed E-state index contributed by atoms with van der Waals surface area (Å²) in [5.74, 6) is -0.435. The minimum absolute atomic E-state index is 0.343. The first-order chi connectivity index (χ1) is 11.0. The number of H-pyrrole nitrogens is 1. The van der Waals surface area contributed by atoms with E-state index >= 15 is 0 Å². The molecule has 0 radical (unpaired) electrons. The second-order valence-electron chi connectivity index (χ2n) is 4.93. The number of benzene rings is 2. The third-order valence-electron chi connectivity index (χ3n) is 3.30. The first-order valence-electron chi connectivity index (χ1n) is 6.82. The maximum Gasteiger partial charge on any atom is 0.329 e. The summed E-state index contributed by atoms with van der Waals surface area (Å²) in [5.41, 5.74) is -0.0161. The van der Waals surface area contributed by atoms with Gasteiger partial charge in [0.05, 0.1) is 10.9 Å². The molecule has 0 saturated carbocycles. The van der Waals surface area contributed by atoms with Gasteiger partial charge in [-0.3, -0.25) is 14.2 Å². The van der Waals surface area contributed by atoms with Crippen LogP contribution in [0.5, 0.6) is 0 Å². The topological polar surface area (TPSA) is 84.0 Å². The molecule has 0 atom stereocenters. The Balaban J connectivity index is 1.91. The lowest BCUT2D eigenvalue weighted by molar-refractivity contribution is -0.116. The lowest BCUT2D eigenvalue weighted by atomic mass is 10.2. The minimum atomic E-state index is -0.605. The first kappa shape index (κ1) is 15.5. The molecule has 0 fully saturated rings.